The summed E-state index contributed by atoms with van der Waals surface area (Å²) in [6.07, 6.45) is 6.25. The summed E-state index contributed by atoms with van der Waals surface area (Å²) in [5.41, 5.74) is 2.49. The van der Waals surface area contributed by atoms with Gasteiger partial charge in [0.2, 0.25) is 0 Å². The molecule has 0 N–H and O–H groups in total. The molecule has 0 aliphatic carbocycles. The number of hydrogen-bond acceptors (Lipinski definition) is 0. The molecule has 3 aromatic rings. The molecule has 1 aromatic carbocycles. The SMILES string of the molecule is Brc1cccc(C[n+]2ccn3ccccc32)c1. The molecule has 0 bridgehead atoms. The highest BCUT2D eigenvalue weighted by molar-refractivity contribution is 9.10. The van der Waals surface area contributed by atoms with E-state index < -0.39 is 0 Å². The third-order valence-electron chi connectivity index (χ3n) is 2.81. The van der Waals surface area contributed by atoms with E-state index in [9.17, 15) is 0 Å². The maximum atomic E-state index is 3.50. The molecule has 0 atom stereocenters. The van der Waals surface area contributed by atoms with E-state index in [1.807, 2.05) is 12.1 Å². The lowest BCUT2D eigenvalue weighted by atomic mass is 10.2. The average Bonchev–Trinajstić information content (AvgIpc) is 2.73. The van der Waals surface area contributed by atoms with E-state index in [4.69, 9.17) is 0 Å². The Morgan fingerprint density at radius 3 is 2.88 bits per heavy atom. The molecule has 17 heavy (non-hydrogen) atoms. The predicted molar refractivity (Wildman–Crippen MR) is 70.8 cm³/mol. The molecule has 0 fully saturated rings. The fraction of sp³-hybridized carbons (Fsp3) is 0.0714. The second-order valence-electron chi connectivity index (χ2n) is 4.02. The van der Waals surface area contributed by atoms with E-state index in [0.717, 1.165) is 11.0 Å². The van der Waals surface area contributed by atoms with Gasteiger partial charge in [-0.2, -0.15) is 0 Å². The zero-order valence-corrected chi connectivity index (χ0v) is 10.8. The van der Waals surface area contributed by atoms with Crippen LogP contribution in [0, 0.1) is 0 Å². The Balaban J connectivity index is 2.00. The Labute approximate surface area is 108 Å². The number of rotatable bonds is 2. The molecule has 0 aliphatic rings. The molecule has 0 saturated heterocycles. The summed E-state index contributed by atoms with van der Waals surface area (Å²) in [6.45, 7) is 0.889. The number of imidazole rings is 1. The van der Waals surface area contributed by atoms with E-state index in [2.05, 4.69) is 73.8 Å². The van der Waals surface area contributed by atoms with Crippen molar-refractivity contribution < 1.29 is 4.57 Å². The van der Waals surface area contributed by atoms with E-state index in [1.54, 1.807) is 0 Å². The minimum absolute atomic E-state index is 0.889. The van der Waals surface area contributed by atoms with Gasteiger partial charge in [-0.15, -0.1) is 0 Å². The zero-order chi connectivity index (χ0) is 11.7. The molecule has 84 valence electrons. The number of pyridine rings is 1. The fourth-order valence-electron chi connectivity index (χ4n) is 2.01. The minimum Gasteiger partial charge on any atom is -0.226 e. The van der Waals surface area contributed by atoms with Crippen molar-refractivity contribution in [3.05, 3.63) is 71.1 Å². The lowest BCUT2D eigenvalue weighted by molar-refractivity contribution is -0.661. The number of halogens is 1. The average molecular weight is 288 g/mol. The van der Waals surface area contributed by atoms with Gasteiger partial charge < -0.3 is 0 Å². The summed E-state index contributed by atoms with van der Waals surface area (Å²) in [5, 5.41) is 0. The highest BCUT2D eigenvalue weighted by Crippen LogP contribution is 2.11. The van der Waals surface area contributed by atoms with E-state index >= 15 is 0 Å². The summed E-state index contributed by atoms with van der Waals surface area (Å²) < 4.78 is 5.49. The molecule has 0 unspecified atom stereocenters. The molecule has 2 heterocycles. The Morgan fingerprint density at radius 1 is 1.06 bits per heavy atom. The van der Waals surface area contributed by atoms with Crippen LogP contribution in [0.2, 0.25) is 0 Å². The lowest BCUT2D eigenvalue weighted by Crippen LogP contribution is -2.32. The van der Waals surface area contributed by atoms with Gasteiger partial charge in [0.25, 0.3) is 5.65 Å². The van der Waals surface area contributed by atoms with Gasteiger partial charge >= 0.3 is 0 Å². The summed E-state index contributed by atoms with van der Waals surface area (Å²) in [6, 6.07) is 14.6. The van der Waals surface area contributed by atoms with Gasteiger partial charge in [-0.3, -0.25) is 0 Å². The molecule has 2 nitrogen and oxygen atoms in total. The van der Waals surface area contributed by atoms with E-state index in [-0.39, 0.29) is 0 Å². The summed E-state index contributed by atoms with van der Waals surface area (Å²) >= 11 is 3.50. The van der Waals surface area contributed by atoms with Crippen LogP contribution in [0.15, 0.2) is 65.5 Å². The maximum absolute atomic E-state index is 3.50. The van der Waals surface area contributed by atoms with Gasteiger partial charge in [0.15, 0.2) is 0 Å². The van der Waals surface area contributed by atoms with Crippen LogP contribution in [0.3, 0.4) is 0 Å². The summed E-state index contributed by atoms with van der Waals surface area (Å²) in [7, 11) is 0. The van der Waals surface area contributed by atoms with Crippen molar-refractivity contribution in [2.24, 2.45) is 0 Å². The molecule has 3 heteroatoms. The largest absolute Gasteiger partial charge is 0.286 e. The molecule has 0 spiro atoms. The number of hydrogen-bond donors (Lipinski definition) is 0. The molecule has 2 aromatic heterocycles. The van der Waals surface area contributed by atoms with E-state index in [1.165, 1.54) is 11.2 Å². The van der Waals surface area contributed by atoms with Crippen molar-refractivity contribution >= 4 is 21.6 Å². The maximum Gasteiger partial charge on any atom is 0.286 e. The van der Waals surface area contributed by atoms with Crippen LogP contribution in [-0.2, 0) is 6.54 Å². The van der Waals surface area contributed by atoms with Crippen LogP contribution in [-0.4, -0.2) is 4.40 Å². The summed E-state index contributed by atoms with van der Waals surface area (Å²) in [4.78, 5) is 0. The second-order valence-corrected chi connectivity index (χ2v) is 4.94. The molecule has 0 amide bonds. The van der Waals surface area contributed by atoms with Gasteiger partial charge in [-0.25, -0.2) is 8.97 Å². The molecule has 0 saturated carbocycles. The highest BCUT2D eigenvalue weighted by Gasteiger charge is 2.08. The van der Waals surface area contributed by atoms with Crippen molar-refractivity contribution in [2.75, 3.05) is 0 Å². The second kappa shape index (κ2) is 4.34. The summed E-state index contributed by atoms with van der Waals surface area (Å²) in [5.74, 6) is 0. The van der Waals surface area contributed by atoms with Gasteiger partial charge in [0.05, 0.1) is 6.20 Å². The first kappa shape index (κ1) is 10.5. The number of benzene rings is 1. The number of fused-ring (bicyclic) bond motifs is 1. The van der Waals surface area contributed by atoms with Crippen molar-refractivity contribution in [3.63, 3.8) is 0 Å². The highest BCUT2D eigenvalue weighted by atomic mass is 79.9. The van der Waals surface area contributed by atoms with Crippen LogP contribution in [0.4, 0.5) is 0 Å². The fourth-order valence-corrected chi connectivity index (χ4v) is 2.46. The normalized spacial score (nSPS) is 10.9. The third kappa shape index (κ3) is 2.11. The van der Waals surface area contributed by atoms with E-state index in [0.29, 0.717) is 0 Å². The lowest BCUT2D eigenvalue weighted by Gasteiger charge is -1.99. The Bertz CT molecular complexity index is 658. The van der Waals surface area contributed by atoms with Crippen LogP contribution in [0.1, 0.15) is 5.56 Å². The Morgan fingerprint density at radius 2 is 2.00 bits per heavy atom. The molecule has 0 radical (unpaired) electrons. The van der Waals surface area contributed by atoms with Gasteiger partial charge in [0, 0.05) is 10.5 Å². The van der Waals surface area contributed by atoms with Crippen molar-refractivity contribution in [1.82, 2.24) is 4.40 Å². The zero-order valence-electron chi connectivity index (χ0n) is 9.25. The number of aromatic nitrogens is 2. The smallest absolute Gasteiger partial charge is 0.226 e. The molecular formula is C14H12BrN2+. The first-order valence-corrected chi connectivity index (χ1v) is 6.32. The predicted octanol–water partition coefficient (Wildman–Crippen LogP) is 3.04. The molecular weight excluding hydrogens is 276 g/mol. The molecule has 3 rings (SSSR count). The van der Waals surface area contributed by atoms with Crippen molar-refractivity contribution in [2.45, 2.75) is 6.54 Å². The standard InChI is InChI=1S/C14H12BrN2/c15-13-5-3-4-12(10-13)11-17-9-8-16-7-2-1-6-14(16)17/h1-10H,11H2/q+1. The van der Waals surface area contributed by atoms with Gasteiger partial charge in [-0.1, -0.05) is 34.1 Å². The topological polar surface area (TPSA) is 8.29 Å². The van der Waals surface area contributed by atoms with Crippen molar-refractivity contribution in [3.8, 4) is 0 Å². The van der Waals surface area contributed by atoms with Gasteiger partial charge in [-0.05, 0) is 23.8 Å². The third-order valence-corrected chi connectivity index (χ3v) is 3.30. The Hall–Kier alpha value is -1.61. The molecule has 0 aliphatic heterocycles. The minimum atomic E-state index is 0.889. The van der Waals surface area contributed by atoms with Crippen molar-refractivity contribution in [1.29, 1.82) is 0 Å². The first-order valence-electron chi connectivity index (χ1n) is 5.52. The van der Waals surface area contributed by atoms with Crippen LogP contribution >= 0.6 is 15.9 Å². The monoisotopic (exact) mass is 287 g/mol. The Kier molecular flexibility index (Phi) is 2.69. The van der Waals surface area contributed by atoms with Crippen LogP contribution in [0.5, 0.6) is 0 Å². The van der Waals surface area contributed by atoms with Crippen LogP contribution < -0.4 is 4.57 Å². The number of nitrogens with zero attached hydrogens (tertiary/aromatic N) is 2. The first-order chi connectivity index (χ1) is 8.33. The van der Waals surface area contributed by atoms with Gasteiger partial charge in [0.1, 0.15) is 18.9 Å². The quantitative estimate of drug-likeness (QED) is 0.641. The van der Waals surface area contributed by atoms with Crippen LogP contribution in [0.25, 0.3) is 5.65 Å².